The van der Waals surface area contributed by atoms with Gasteiger partial charge in [0.15, 0.2) is 0 Å². The summed E-state index contributed by atoms with van der Waals surface area (Å²) >= 11 is 0. The molecule has 7 heteroatoms. The zero-order valence-electron chi connectivity index (χ0n) is 12.9. The predicted octanol–water partition coefficient (Wildman–Crippen LogP) is 2.05. The van der Waals surface area contributed by atoms with Gasteiger partial charge in [0.25, 0.3) is 0 Å². The maximum atomic E-state index is 12.3. The van der Waals surface area contributed by atoms with Gasteiger partial charge in [0.2, 0.25) is 5.91 Å². The van der Waals surface area contributed by atoms with Crippen molar-refractivity contribution in [3.05, 3.63) is 18.0 Å². The normalized spacial score (nSPS) is 19.4. The van der Waals surface area contributed by atoms with Gasteiger partial charge >= 0.3 is 0 Å². The van der Waals surface area contributed by atoms with Gasteiger partial charge in [0.1, 0.15) is 0 Å². The van der Waals surface area contributed by atoms with Crippen molar-refractivity contribution >= 4 is 30.7 Å². The summed E-state index contributed by atoms with van der Waals surface area (Å²) in [5.41, 5.74) is 1.17. The number of amides is 1. The SMILES string of the molecule is CNCC(C)C(=O)N1CCCC(n2cc(C)cn2)C1.Cl.Cl. The Morgan fingerprint density at radius 2 is 2.24 bits per heavy atom. The van der Waals surface area contributed by atoms with Crippen molar-refractivity contribution in [3.8, 4) is 0 Å². The first-order valence-corrected chi connectivity index (χ1v) is 7.06. The van der Waals surface area contributed by atoms with Crippen molar-refractivity contribution in [2.24, 2.45) is 5.92 Å². The zero-order valence-corrected chi connectivity index (χ0v) is 14.5. The van der Waals surface area contributed by atoms with Crippen LogP contribution in [0.15, 0.2) is 12.4 Å². The summed E-state index contributed by atoms with van der Waals surface area (Å²) in [5.74, 6) is 0.297. The van der Waals surface area contributed by atoms with Crippen molar-refractivity contribution < 1.29 is 4.79 Å². The second kappa shape index (κ2) is 9.28. The molecule has 2 atom stereocenters. The highest BCUT2D eigenvalue weighted by atomic mass is 35.5. The van der Waals surface area contributed by atoms with Crippen molar-refractivity contribution in [2.45, 2.75) is 32.7 Å². The maximum Gasteiger partial charge on any atom is 0.226 e. The molecule has 0 radical (unpaired) electrons. The fourth-order valence-corrected chi connectivity index (χ4v) is 2.71. The predicted molar refractivity (Wildman–Crippen MR) is 89.4 cm³/mol. The lowest BCUT2D eigenvalue weighted by Gasteiger charge is -2.34. The van der Waals surface area contributed by atoms with Gasteiger partial charge in [-0.3, -0.25) is 9.48 Å². The van der Waals surface area contributed by atoms with Gasteiger partial charge in [-0.2, -0.15) is 5.10 Å². The molecule has 1 aliphatic heterocycles. The van der Waals surface area contributed by atoms with E-state index in [9.17, 15) is 4.79 Å². The van der Waals surface area contributed by atoms with E-state index in [2.05, 4.69) is 16.6 Å². The number of halogens is 2. The number of rotatable bonds is 4. The van der Waals surface area contributed by atoms with E-state index in [1.165, 1.54) is 5.56 Å². The fraction of sp³-hybridized carbons (Fsp3) is 0.714. The lowest BCUT2D eigenvalue weighted by Crippen LogP contribution is -2.44. The van der Waals surface area contributed by atoms with Crippen LogP contribution in [0.5, 0.6) is 0 Å². The molecular formula is C14H26Cl2N4O. The number of aromatic nitrogens is 2. The highest BCUT2D eigenvalue weighted by Gasteiger charge is 2.27. The summed E-state index contributed by atoms with van der Waals surface area (Å²) in [6.07, 6.45) is 6.10. The van der Waals surface area contributed by atoms with E-state index in [1.807, 2.05) is 36.7 Å². The van der Waals surface area contributed by atoms with E-state index in [0.717, 1.165) is 32.5 Å². The molecule has 1 aromatic rings. The van der Waals surface area contributed by atoms with Crippen LogP contribution in [0.4, 0.5) is 0 Å². The number of carbonyl (C=O) groups excluding carboxylic acids is 1. The number of aryl methyl sites for hydroxylation is 1. The van der Waals surface area contributed by atoms with Gasteiger partial charge < -0.3 is 10.2 Å². The van der Waals surface area contributed by atoms with Crippen LogP contribution in [0.1, 0.15) is 31.4 Å². The van der Waals surface area contributed by atoms with E-state index in [1.54, 1.807) is 0 Å². The molecule has 1 amide bonds. The molecule has 21 heavy (non-hydrogen) atoms. The summed E-state index contributed by atoms with van der Waals surface area (Å²) in [7, 11) is 1.88. The lowest BCUT2D eigenvalue weighted by atomic mass is 10.0. The average molecular weight is 337 g/mol. The largest absolute Gasteiger partial charge is 0.340 e. The third-order valence-electron chi connectivity index (χ3n) is 3.74. The zero-order chi connectivity index (χ0) is 13.8. The summed E-state index contributed by atoms with van der Waals surface area (Å²) < 4.78 is 2.01. The minimum atomic E-state index is 0. The van der Waals surface area contributed by atoms with Crippen LogP contribution in [0.3, 0.4) is 0 Å². The summed E-state index contributed by atoms with van der Waals surface area (Å²) in [4.78, 5) is 14.3. The van der Waals surface area contributed by atoms with E-state index in [-0.39, 0.29) is 36.6 Å². The number of likely N-dealkylation sites (tertiary alicyclic amines) is 1. The number of hydrogen-bond donors (Lipinski definition) is 1. The van der Waals surface area contributed by atoms with Gasteiger partial charge in [0.05, 0.1) is 12.2 Å². The van der Waals surface area contributed by atoms with Gasteiger partial charge in [-0.05, 0) is 32.4 Å². The summed E-state index contributed by atoms with van der Waals surface area (Å²) in [5, 5.41) is 7.45. The summed E-state index contributed by atoms with van der Waals surface area (Å²) in [6, 6.07) is 0.327. The number of nitrogens with one attached hydrogen (secondary N) is 1. The monoisotopic (exact) mass is 336 g/mol. The second-order valence-electron chi connectivity index (χ2n) is 5.54. The molecule has 0 bridgehead atoms. The second-order valence-corrected chi connectivity index (χ2v) is 5.54. The van der Waals surface area contributed by atoms with E-state index < -0.39 is 0 Å². The summed E-state index contributed by atoms with van der Waals surface area (Å²) in [6.45, 7) is 6.43. The topological polar surface area (TPSA) is 50.2 Å². The molecule has 1 aromatic heterocycles. The van der Waals surface area contributed by atoms with Crippen LogP contribution in [-0.4, -0.2) is 47.3 Å². The molecular weight excluding hydrogens is 311 g/mol. The van der Waals surface area contributed by atoms with Crippen molar-refractivity contribution in [1.29, 1.82) is 0 Å². The van der Waals surface area contributed by atoms with Crippen LogP contribution >= 0.6 is 24.8 Å². The van der Waals surface area contributed by atoms with Crippen LogP contribution < -0.4 is 5.32 Å². The van der Waals surface area contributed by atoms with E-state index >= 15 is 0 Å². The smallest absolute Gasteiger partial charge is 0.226 e. The van der Waals surface area contributed by atoms with Gasteiger partial charge in [0, 0.05) is 31.7 Å². The van der Waals surface area contributed by atoms with Gasteiger partial charge in [-0.1, -0.05) is 6.92 Å². The van der Waals surface area contributed by atoms with E-state index in [4.69, 9.17) is 0 Å². The molecule has 1 saturated heterocycles. The number of hydrogen-bond acceptors (Lipinski definition) is 3. The van der Waals surface area contributed by atoms with Crippen LogP contribution in [0, 0.1) is 12.8 Å². The van der Waals surface area contributed by atoms with Crippen molar-refractivity contribution in [2.75, 3.05) is 26.7 Å². The van der Waals surface area contributed by atoms with E-state index in [0.29, 0.717) is 6.04 Å². The Kier molecular flexibility index (Phi) is 8.94. The molecule has 2 heterocycles. The number of nitrogens with zero attached hydrogens (tertiary/aromatic N) is 3. The van der Waals surface area contributed by atoms with Crippen LogP contribution in [0.2, 0.25) is 0 Å². The van der Waals surface area contributed by atoms with Gasteiger partial charge in [-0.15, -0.1) is 24.8 Å². The molecule has 0 aliphatic carbocycles. The minimum absolute atomic E-state index is 0. The Morgan fingerprint density at radius 3 is 2.81 bits per heavy atom. The first kappa shape index (κ1) is 20.2. The standard InChI is InChI=1S/C14H24N4O.2ClH/c1-11-7-16-18(9-11)13-5-4-6-17(10-13)14(19)12(2)8-15-3;;/h7,9,12-13,15H,4-6,8,10H2,1-3H3;2*1H. The Bertz CT molecular complexity index is 438. The fourth-order valence-electron chi connectivity index (χ4n) is 2.71. The highest BCUT2D eigenvalue weighted by molar-refractivity contribution is 5.85. The number of piperidine rings is 1. The molecule has 0 aromatic carbocycles. The van der Waals surface area contributed by atoms with Crippen LogP contribution in [0.25, 0.3) is 0 Å². The first-order chi connectivity index (χ1) is 9.11. The third kappa shape index (κ3) is 5.16. The Balaban J connectivity index is 0.00000200. The molecule has 0 saturated carbocycles. The highest BCUT2D eigenvalue weighted by Crippen LogP contribution is 2.22. The minimum Gasteiger partial charge on any atom is -0.340 e. The molecule has 1 aliphatic rings. The van der Waals surface area contributed by atoms with Crippen molar-refractivity contribution in [1.82, 2.24) is 20.0 Å². The van der Waals surface area contributed by atoms with Crippen LogP contribution in [-0.2, 0) is 4.79 Å². The molecule has 1 N–H and O–H groups in total. The molecule has 0 spiro atoms. The Morgan fingerprint density at radius 1 is 1.52 bits per heavy atom. The molecule has 2 unspecified atom stereocenters. The molecule has 5 nitrogen and oxygen atoms in total. The Hall–Kier alpha value is -0.780. The Labute approximate surface area is 139 Å². The quantitative estimate of drug-likeness (QED) is 0.915. The van der Waals surface area contributed by atoms with Crippen molar-refractivity contribution in [3.63, 3.8) is 0 Å². The first-order valence-electron chi connectivity index (χ1n) is 7.06. The van der Waals surface area contributed by atoms with Gasteiger partial charge in [-0.25, -0.2) is 0 Å². The third-order valence-corrected chi connectivity index (χ3v) is 3.74. The number of carbonyl (C=O) groups is 1. The average Bonchev–Trinajstić information content (AvgIpc) is 2.85. The molecule has 1 fully saturated rings. The lowest BCUT2D eigenvalue weighted by molar-refractivity contribution is -0.136. The molecule has 122 valence electrons. The molecule has 2 rings (SSSR count). The maximum absolute atomic E-state index is 12.3.